The highest BCUT2D eigenvalue weighted by atomic mass is 32.2. The number of hydrogen-bond acceptors (Lipinski definition) is 4. The molecule has 1 saturated heterocycles. The first-order chi connectivity index (χ1) is 9.63. The zero-order valence-electron chi connectivity index (χ0n) is 12.2. The zero-order chi connectivity index (χ0) is 14.5. The van der Waals surface area contributed by atoms with E-state index in [1.807, 2.05) is 23.4 Å². The molecule has 1 aromatic rings. The Morgan fingerprint density at radius 1 is 1.40 bits per heavy atom. The molecule has 0 aromatic carbocycles. The van der Waals surface area contributed by atoms with Gasteiger partial charge in [0.1, 0.15) is 0 Å². The predicted octanol–water partition coefficient (Wildman–Crippen LogP) is 1.80. The maximum absolute atomic E-state index is 12.5. The molecule has 0 spiro atoms. The van der Waals surface area contributed by atoms with E-state index in [2.05, 4.69) is 4.98 Å². The number of imidazole rings is 1. The molecule has 5 nitrogen and oxygen atoms in total. The van der Waals surface area contributed by atoms with Crippen LogP contribution in [0.2, 0.25) is 0 Å². The summed E-state index contributed by atoms with van der Waals surface area (Å²) in [5.41, 5.74) is 0.766. The van der Waals surface area contributed by atoms with Gasteiger partial charge in [-0.05, 0) is 19.8 Å². The largest absolute Gasteiger partial charge is 0.390 e. The van der Waals surface area contributed by atoms with Gasteiger partial charge in [0.2, 0.25) is 5.91 Å². The lowest BCUT2D eigenvalue weighted by atomic mass is 10.2. The molecule has 1 fully saturated rings. The topological polar surface area (TPSA) is 58.4 Å². The number of carbonyl (C=O) groups is 1. The first-order valence-corrected chi connectivity index (χ1v) is 8.08. The summed E-state index contributed by atoms with van der Waals surface area (Å²) in [7, 11) is 1.87. The fraction of sp³-hybridized carbons (Fsp3) is 0.714. The van der Waals surface area contributed by atoms with Crippen LogP contribution in [0.4, 0.5) is 0 Å². The molecule has 1 aliphatic heterocycles. The number of aromatic nitrogens is 2. The van der Waals surface area contributed by atoms with Gasteiger partial charge in [-0.3, -0.25) is 4.79 Å². The summed E-state index contributed by atoms with van der Waals surface area (Å²) in [5.74, 6) is 0.199. The fourth-order valence-electron chi connectivity index (χ4n) is 2.44. The molecule has 1 atom stereocenters. The Kier molecular flexibility index (Phi) is 5.48. The van der Waals surface area contributed by atoms with Crippen molar-refractivity contribution in [2.24, 2.45) is 7.05 Å². The molecule has 1 N–H and O–H groups in total. The van der Waals surface area contributed by atoms with Crippen molar-refractivity contribution in [1.29, 1.82) is 0 Å². The molecule has 1 aromatic heterocycles. The molecular formula is C14H23N3O2S. The smallest absolute Gasteiger partial charge is 0.235 e. The van der Waals surface area contributed by atoms with Gasteiger partial charge in [-0.2, -0.15) is 0 Å². The van der Waals surface area contributed by atoms with E-state index in [0.717, 1.165) is 36.8 Å². The van der Waals surface area contributed by atoms with Crippen LogP contribution in [-0.2, 0) is 18.4 Å². The molecule has 1 aliphatic rings. The monoisotopic (exact) mass is 297 g/mol. The molecule has 2 rings (SSSR count). The fourth-order valence-corrected chi connectivity index (χ4v) is 3.39. The summed E-state index contributed by atoms with van der Waals surface area (Å²) in [4.78, 5) is 18.7. The highest BCUT2D eigenvalue weighted by Crippen LogP contribution is 2.24. The first kappa shape index (κ1) is 15.4. The van der Waals surface area contributed by atoms with Crippen LogP contribution >= 0.6 is 11.8 Å². The van der Waals surface area contributed by atoms with Crippen molar-refractivity contribution < 1.29 is 9.90 Å². The second kappa shape index (κ2) is 7.13. The minimum atomic E-state index is -0.138. The van der Waals surface area contributed by atoms with Crippen molar-refractivity contribution in [3.05, 3.63) is 11.9 Å². The van der Waals surface area contributed by atoms with Gasteiger partial charge in [-0.15, -0.1) is 0 Å². The van der Waals surface area contributed by atoms with Crippen molar-refractivity contribution in [2.75, 3.05) is 13.1 Å². The number of thioether (sulfide) groups is 1. The number of nitrogens with zero attached hydrogens (tertiary/aromatic N) is 3. The number of rotatable bonds is 4. The molecule has 2 heterocycles. The number of aliphatic hydroxyl groups is 1. The Bertz CT molecular complexity index is 453. The van der Waals surface area contributed by atoms with Crippen molar-refractivity contribution >= 4 is 17.7 Å². The molecule has 6 heteroatoms. The Labute approximate surface area is 124 Å². The van der Waals surface area contributed by atoms with Crippen LogP contribution < -0.4 is 0 Å². The Balaban J connectivity index is 1.97. The number of hydrogen-bond donors (Lipinski definition) is 1. The molecule has 0 radical (unpaired) electrons. The molecular weight excluding hydrogens is 274 g/mol. The third-order valence-corrected chi connectivity index (χ3v) is 4.90. The van der Waals surface area contributed by atoms with Gasteiger partial charge in [-0.1, -0.05) is 24.6 Å². The number of aliphatic hydroxyl groups excluding tert-OH is 1. The molecule has 1 amide bonds. The second-order valence-electron chi connectivity index (χ2n) is 5.25. The average Bonchev–Trinajstić information content (AvgIpc) is 2.68. The van der Waals surface area contributed by atoms with Crippen molar-refractivity contribution in [3.63, 3.8) is 0 Å². The van der Waals surface area contributed by atoms with Crippen LogP contribution in [-0.4, -0.2) is 43.8 Å². The van der Waals surface area contributed by atoms with Crippen LogP contribution in [0.25, 0.3) is 0 Å². The van der Waals surface area contributed by atoms with Crippen LogP contribution in [0.15, 0.2) is 11.4 Å². The van der Waals surface area contributed by atoms with Gasteiger partial charge in [0.15, 0.2) is 5.16 Å². The molecule has 0 aliphatic carbocycles. The third-order valence-electron chi connectivity index (χ3n) is 3.75. The Morgan fingerprint density at radius 3 is 2.60 bits per heavy atom. The van der Waals surface area contributed by atoms with E-state index in [1.54, 1.807) is 6.20 Å². The Morgan fingerprint density at radius 2 is 2.05 bits per heavy atom. The van der Waals surface area contributed by atoms with Gasteiger partial charge in [0.25, 0.3) is 0 Å². The molecule has 0 bridgehead atoms. The van der Waals surface area contributed by atoms with Crippen LogP contribution in [0, 0.1) is 0 Å². The van der Waals surface area contributed by atoms with E-state index in [9.17, 15) is 4.79 Å². The summed E-state index contributed by atoms with van der Waals surface area (Å²) < 4.78 is 1.84. The summed E-state index contributed by atoms with van der Waals surface area (Å²) in [6, 6.07) is 0. The van der Waals surface area contributed by atoms with E-state index in [4.69, 9.17) is 5.11 Å². The normalized spacial score (nSPS) is 17.9. The van der Waals surface area contributed by atoms with E-state index < -0.39 is 0 Å². The van der Waals surface area contributed by atoms with E-state index in [1.165, 1.54) is 24.6 Å². The standard InChI is InChI=1S/C14H23N3O2S/c1-11(13(19)17-7-5-3-4-6-8-17)20-14-15-9-12(10-18)16(14)2/h9,11,18H,3-8,10H2,1-2H3. The van der Waals surface area contributed by atoms with E-state index >= 15 is 0 Å². The minimum Gasteiger partial charge on any atom is -0.390 e. The highest BCUT2D eigenvalue weighted by Gasteiger charge is 2.23. The Hall–Kier alpha value is -1.01. The lowest BCUT2D eigenvalue weighted by Gasteiger charge is -2.23. The lowest BCUT2D eigenvalue weighted by Crippen LogP contribution is -2.37. The molecule has 20 heavy (non-hydrogen) atoms. The van der Waals surface area contributed by atoms with Gasteiger partial charge in [-0.25, -0.2) is 4.98 Å². The van der Waals surface area contributed by atoms with Crippen molar-refractivity contribution in [2.45, 2.75) is 49.6 Å². The summed E-state index contributed by atoms with van der Waals surface area (Å²) in [5, 5.41) is 9.81. The number of carbonyl (C=O) groups excluding carboxylic acids is 1. The number of amides is 1. The van der Waals surface area contributed by atoms with E-state index in [0.29, 0.717) is 0 Å². The van der Waals surface area contributed by atoms with Gasteiger partial charge < -0.3 is 14.6 Å². The minimum absolute atomic E-state index is 0.0293. The SMILES string of the molecule is CC(Sc1ncc(CO)n1C)C(=O)N1CCCCCC1. The lowest BCUT2D eigenvalue weighted by molar-refractivity contribution is -0.130. The van der Waals surface area contributed by atoms with Gasteiger partial charge in [0.05, 0.1) is 23.7 Å². The molecule has 112 valence electrons. The summed E-state index contributed by atoms with van der Waals surface area (Å²) in [6.45, 7) is 3.67. The van der Waals surface area contributed by atoms with Gasteiger partial charge in [0, 0.05) is 20.1 Å². The third kappa shape index (κ3) is 3.55. The average molecular weight is 297 g/mol. The maximum Gasteiger partial charge on any atom is 0.235 e. The zero-order valence-corrected chi connectivity index (χ0v) is 13.0. The van der Waals surface area contributed by atoms with Crippen LogP contribution in [0.1, 0.15) is 38.3 Å². The maximum atomic E-state index is 12.5. The molecule has 0 saturated carbocycles. The second-order valence-corrected chi connectivity index (χ2v) is 6.56. The van der Waals surface area contributed by atoms with Crippen LogP contribution in [0.5, 0.6) is 0 Å². The predicted molar refractivity (Wildman–Crippen MR) is 79.5 cm³/mol. The number of likely N-dealkylation sites (tertiary alicyclic amines) is 1. The van der Waals surface area contributed by atoms with Gasteiger partial charge >= 0.3 is 0 Å². The van der Waals surface area contributed by atoms with Crippen molar-refractivity contribution in [3.8, 4) is 0 Å². The quantitative estimate of drug-likeness (QED) is 0.861. The first-order valence-electron chi connectivity index (χ1n) is 7.20. The summed E-state index contributed by atoms with van der Waals surface area (Å²) >= 11 is 1.46. The highest BCUT2D eigenvalue weighted by molar-refractivity contribution is 8.00. The van der Waals surface area contributed by atoms with Crippen molar-refractivity contribution in [1.82, 2.24) is 14.5 Å². The van der Waals surface area contributed by atoms with E-state index in [-0.39, 0.29) is 17.8 Å². The van der Waals surface area contributed by atoms with Crippen LogP contribution in [0.3, 0.4) is 0 Å². The summed E-state index contributed by atoms with van der Waals surface area (Å²) in [6.07, 6.45) is 6.33. The molecule has 1 unspecified atom stereocenters.